The highest BCUT2D eigenvalue weighted by molar-refractivity contribution is 5.97. The molecule has 2 N–H and O–H groups in total. The molecule has 0 saturated carbocycles. The lowest BCUT2D eigenvalue weighted by molar-refractivity contribution is -0.126. The fraction of sp³-hybridized carbons (Fsp3) is 0.364. The molecule has 3 amide bonds. The van der Waals surface area contributed by atoms with E-state index >= 15 is 0 Å². The minimum absolute atomic E-state index is 0.292. The van der Waals surface area contributed by atoms with Gasteiger partial charge in [0, 0.05) is 45.3 Å². The number of carbonyl (C=O) groups excluding carboxylic acids is 2. The van der Waals surface area contributed by atoms with Crippen LogP contribution in [0.4, 0.5) is 9.18 Å². The predicted octanol–water partition coefficient (Wildman–Crippen LogP) is 2.15. The number of ether oxygens (including phenoxy) is 1. The number of rotatable bonds is 6. The number of amides is 3. The van der Waals surface area contributed by atoms with Gasteiger partial charge in [0.2, 0.25) is 5.91 Å². The third-order valence-corrected chi connectivity index (χ3v) is 5.24. The van der Waals surface area contributed by atoms with E-state index in [-0.39, 0.29) is 11.7 Å². The largest absolute Gasteiger partial charge is 0.496 e. The zero-order valence-corrected chi connectivity index (χ0v) is 17.2. The molecule has 1 atom stereocenters. The van der Waals surface area contributed by atoms with Crippen LogP contribution in [0.1, 0.15) is 17.2 Å². The molecule has 0 radical (unpaired) electrons. The first-order valence-corrected chi connectivity index (χ1v) is 9.88. The molecule has 1 saturated heterocycles. The summed E-state index contributed by atoms with van der Waals surface area (Å²) >= 11 is 0. The third kappa shape index (κ3) is 5.34. The van der Waals surface area contributed by atoms with E-state index in [1.807, 2.05) is 30.3 Å². The van der Waals surface area contributed by atoms with Gasteiger partial charge in [-0.2, -0.15) is 0 Å². The number of piperazine rings is 1. The predicted molar refractivity (Wildman–Crippen MR) is 112 cm³/mol. The fourth-order valence-electron chi connectivity index (χ4n) is 3.70. The summed E-state index contributed by atoms with van der Waals surface area (Å²) in [4.78, 5) is 28.8. The quantitative estimate of drug-likeness (QED) is 0.758. The van der Waals surface area contributed by atoms with Crippen LogP contribution in [0.3, 0.4) is 0 Å². The lowest BCUT2D eigenvalue weighted by Gasteiger charge is -2.38. The van der Waals surface area contributed by atoms with Crippen molar-refractivity contribution in [2.24, 2.45) is 0 Å². The van der Waals surface area contributed by atoms with Gasteiger partial charge in [-0.15, -0.1) is 0 Å². The van der Waals surface area contributed by atoms with Crippen molar-refractivity contribution in [1.82, 2.24) is 20.4 Å². The Morgan fingerprint density at radius 1 is 1.10 bits per heavy atom. The summed E-state index contributed by atoms with van der Waals surface area (Å²) in [6.07, 6.45) is 0. The van der Waals surface area contributed by atoms with E-state index in [1.54, 1.807) is 13.2 Å². The molecule has 3 rings (SSSR count). The Labute approximate surface area is 175 Å². The summed E-state index contributed by atoms with van der Waals surface area (Å²) in [6, 6.07) is 12.8. The SMILES string of the molecule is CNC(=O)NC(=O)[C@H](c1ccccc1)N1CCN(Cc2cc(F)ccc2OC)CC1. The number of imide groups is 1. The van der Waals surface area contributed by atoms with Gasteiger partial charge in [0.1, 0.15) is 17.6 Å². The van der Waals surface area contributed by atoms with Crippen LogP contribution in [0.2, 0.25) is 0 Å². The van der Waals surface area contributed by atoms with Gasteiger partial charge < -0.3 is 10.1 Å². The van der Waals surface area contributed by atoms with Gasteiger partial charge in [0.15, 0.2) is 0 Å². The van der Waals surface area contributed by atoms with Crippen molar-refractivity contribution in [3.05, 3.63) is 65.5 Å². The minimum atomic E-state index is -0.561. The summed E-state index contributed by atoms with van der Waals surface area (Å²) in [5, 5.41) is 4.81. The van der Waals surface area contributed by atoms with Crippen LogP contribution in [0.25, 0.3) is 0 Å². The van der Waals surface area contributed by atoms with Gasteiger partial charge in [-0.25, -0.2) is 9.18 Å². The molecule has 2 aromatic rings. The van der Waals surface area contributed by atoms with Crippen LogP contribution in [-0.2, 0) is 11.3 Å². The van der Waals surface area contributed by atoms with E-state index in [0.717, 1.165) is 11.1 Å². The average Bonchev–Trinajstić information content (AvgIpc) is 2.76. The van der Waals surface area contributed by atoms with E-state index < -0.39 is 12.1 Å². The Balaban J connectivity index is 1.69. The number of methoxy groups -OCH3 is 1. The highest BCUT2D eigenvalue weighted by atomic mass is 19.1. The molecule has 1 heterocycles. The molecule has 30 heavy (non-hydrogen) atoms. The monoisotopic (exact) mass is 414 g/mol. The first-order valence-electron chi connectivity index (χ1n) is 9.88. The van der Waals surface area contributed by atoms with Gasteiger partial charge in [0.25, 0.3) is 0 Å². The summed E-state index contributed by atoms with van der Waals surface area (Å²) < 4.78 is 19.0. The maximum atomic E-state index is 13.7. The number of hydrogen-bond donors (Lipinski definition) is 2. The molecule has 0 bridgehead atoms. The molecule has 0 aromatic heterocycles. The van der Waals surface area contributed by atoms with Crippen LogP contribution in [0.15, 0.2) is 48.5 Å². The smallest absolute Gasteiger partial charge is 0.321 e. The minimum Gasteiger partial charge on any atom is -0.496 e. The lowest BCUT2D eigenvalue weighted by Crippen LogP contribution is -2.52. The molecule has 0 spiro atoms. The van der Waals surface area contributed by atoms with E-state index in [9.17, 15) is 14.0 Å². The second-order valence-electron chi connectivity index (χ2n) is 7.15. The molecule has 1 aliphatic heterocycles. The highest BCUT2D eigenvalue weighted by Crippen LogP contribution is 2.25. The number of benzene rings is 2. The van der Waals surface area contributed by atoms with Crippen LogP contribution in [0, 0.1) is 5.82 Å². The summed E-state index contributed by atoms with van der Waals surface area (Å²) in [5.41, 5.74) is 1.63. The van der Waals surface area contributed by atoms with Crippen molar-refractivity contribution in [3.63, 3.8) is 0 Å². The lowest BCUT2D eigenvalue weighted by atomic mass is 10.0. The Hall–Kier alpha value is -2.97. The van der Waals surface area contributed by atoms with Gasteiger partial charge in [-0.05, 0) is 23.8 Å². The average molecular weight is 414 g/mol. The standard InChI is InChI=1S/C22H27FN4O3/c1-24-22(29)25-21(28)20(16-6-4-3-5-7-16)27-12-10-26(11-13-27)15-17-14-18(23)8-9-19(17)30-2/h3-9,14,20H,10-13,15H2,1-2H3,(H2,24,25,28,29)/t20-/m0/s1. The number of nitrogens with zero attached hydrogens (tertiary/aromatic N) is 2. The molecule has 8 heteroatoms. The zero-order valence-electron chi connectivity index (χ0n) is 17.2. The molecule has 1 fully saturated rings. The van der Waals surface area contributed by atoms with Crippen LogP contribution in [-0.4, -0.2) is 62.1 Å². The summed E-state index contributed by atoms with van der Waals surface area (Å²) in [5.74, 6) is 0.00574. The molecule has 1 aliphatic rings. The first kappa shape index (κ1) is 21.7. The van der Waals surface area contributed by atoms with Crippen molar-refractivity contribution < 1.29 is 18.7 Å². The van der Waals surface area contributed by atoms with Crippen LogP contribution >= 0.6 is 0 Å². The Morgan fingerprint density at radius 3 is 2.43 bits per heavy atom. The Bertz CT molecular complexity index is 870. The molecular weight excluding hydrogens is 387 g/mol. The molecule has 0 aliphatic carbocycles. The maximum absolute atomic E-state index is 13.7. The number of hydrogen-bond acceptors (Lipinski definition) is 5. The van der Waals surface area contributed by atoms with Gasteiger partial charge in [0.05, 0.1) is 7.11 Å². The van der Waals surface area contributed by atoms with Crippen molar-refractivity contribution >= 4 is 11.9 Å². The molecule has 7 nitrogen and oxygen atoms in total. The molecule has 0 unspecified atom stereocenters. The van der Waals surface area contributed by atoms with Gasteiger partial charge >= 0.3 is 6.03 Å². The van der Waals surface area contributed by atoms with Crippen molar-refractivity contribution in [3.8, 4) is 5.75 Å². The molecule has 160 valence electrons. The van der Waals surface area contributed by atoms with Crippen molar-refractivity contribution in [1.29, 1.82) is 0 Å². The number of halogens is 1. The summed E-state index contributed by atoms with van der Waals surface area (Å²) in [6.45, 7) is 3.25. The molecule has 2 aromatic carbocycles. The van der Waals surface area contributed by atoms with E-state index in [2.05, 4.69) is 20.4 Å². The van der Waals surface area contributed by atoms with Crippen molar-refractivity contribution in [2.45, 2.75) is 12.6 Å². The highest BCUT2D eigenvalue weighted by Gasteiger charge is 2.31. The molecular formula is C22H27FN4O3. The zero-order chi connectivity index (χ0) is 21.5. The maximum Gasteiger partial charge on any atom is 0.321 e. The van der Waals surface area contributed by atoms with E-state index in [1.165, 1.54) is 19.2 Å². The van der Waals surface area contributed by atoms with E-state index in [0.29, 0.717) is 38.5 Å². The number of nitrogens with one attached hydrogen (secondary N) is 2. The van der Waals surface area contributed by atoms with Crippen LogP contribution < -0.4 is 15.4 Å². The normalized spacial score (nSPS) is 16.0. The first-order chi connectivity index (χ1) is 14.5. The number of carbonyl (C=O) groups is 2. The summed E-state index contributed by atoms with van der Waals surface area (Å²) in [7, 11) is 3.05. The fourth-order valence-corrected chi connectivity index (χ4v) is 3.70. The Kier molecular flexibility index (Phi) is 7.37. The topological polar surface area (TPSA) is 73.9 Å². The van der Waals surface area contributed by atoms with Gasteiger partial charge in [-0.1, -0.05) is 30.3 Å². The second-order valence-corrected chi connectivity index (χ2v) is 7.15. The van der Waals surface area contributed by atoms with Crippen LogP contribution in [0.5, 0.6) is 5.75 Å². The second kappa shape index (κ2) is 10.2. The van der Waals surface area contributed by atoms with Gasteiger partial charge in [-0.3, -0.25) is 19.9 Å². The van der Waals surface area contributed by atoms with Crippen molar-refractivity contribution in [2.75, 3.05) is 40.3 Å². The van der Waals surface area contributed by atoms with E-state index in [4.69, 9.17) is 4.74 Å². The number of urea groups is 1. The Morgan fingerprint density at radius 2 is 1.80 bits per heavy atom. The third-order valence-electron chi connectivity index (χ3n) is 5.24.